The number of hydrogen-bond acceptors (Lipinski definition) is 7. The van der Waals surface area contributed by atoms with Crippen molar-refractivity contribution < 1.29 is 27.4 Å². The summed E-state index contributed by atoms with van der Waals surface area (Å²) < 4.78 is 44.7. The lowest BCUT2D eigenvalue weighted by molar-refractivity contribution is -0.0924. The number of fused-ring (bicyclic) bond motifs is 1. The van der Waals surface area contributed by atoms with Crippen molar-refractivity contribution in [2.45, 2.75) is 56.7 Å². The molecule has 1 aromatic heterocycles. The van der Waals surface area contributed by atoms with E-state index < -0.39 is 44.2 Å². The first-order valence-corrected chi connectivity index (χ1v) is 12.2. The molecular weight excluding hydrogens is 441 g/mol. The van der Waals surface area contributed by atoms with Crippen molar-refractivity contribution in [1.29, 1.82) is 0 Å². The van der Waals surface area contributed by atoms with E-state index in [2.05, 4.69) is 10.3 Å². The lowest BCUT2D eigenvalue weighted by Gasteiger charge is -2.38. The zero-order valence-corrected chi connectivity index (χ0v) is 19.0. The summed E-state index contributed by atoms with van der Waals surface area (Å²) in [5, 5.41) is 12.8. The Hall–Kier alpha value is -2.79. The van der Waals surface area contributed by atoms with E-state index in [9.17, 15) is 27.5 Å². The van der Waals surface area contributed by atoms with E-state index in [-0.39, 0.29) is 36.0 Å². The fraction of sp³-hybridized carbons (Fsp3) is 0.476. The summed E-state index contributed by atoms with van der Waals surface area (Å²) in [6, 6.07) is 3.20. The van der Waals surface area contributed by atoms with E-state index in [0.29, 0.717) is 12.8 Å². The number of nitrogens with one attached hydrogen (secondary N) is 1. The monoisotopic (exact) mass is 467 g/mol. The van der Waals surface area contributed by atoms with E-state index >= 15 is 0 Å². The van der Waals surface area contributed by atoms with Crippen LogP contribution in [0.15, 0.2) is 27.9 Å². The lowest BCUT2D eigenvalue weighted by atomic mass is 9.92. The number of sulfone groups is 1. The van der Waals surface area contributed by atoms with Crippen molar-refractivity contribution in [1.82, 2.24) is 14.9 Å². The van der Waals surface area contributed by atoms with Gasteiger partial charge in [0.2, 0.25) is 5.75 Å². The Morgan fingerprint density at radius 2 is 2.09 bits per heavy atom. The first-order chi connectivity index (χ1) is 15.0. The van der Waals surface area contributed by atoms with Crippen molar-refractivity contribution in [2.24, 2.45) is 0 Å². The van der Waals surface area contributed by atoms with Crippen LogP contribution in [0, 0.1) is 5.82 Å². The van der Waals surface area contributed by atoms with Gasteiger partial charge in [-0.25, -0.2) is 17.8 Å². The van der Waals surface area contributed by atoms with Crippen LogP contribution in [-0.4, -0.2) is 41.8 Å². The Bertz CT molecular complexity index is 1210. The summed E-state index contributed by atoms with van der Waals surface area (Å²) in [7, 11) is -3.75. The SMILES string of the molecule is CCCC1(CC)OCCn2c1nc(C(=O)NCc1ccc(F)cc1S(C)(=O)=O)c(O)c2=O. The lowest BCUT2D eigenvalue weighted by Crippen LogP contribution is -2.45. The molecule has 0 aliphatic carbocycles. The summed E-state index contributed by atoms with van der Waals surface area (Å²) >= 11 is 0. The quantitative estimate of drug-likeness (QED) is 0.636. The molecule has 1 amide bonds. The fourth-order valence-electron chi connectivity index (χ4n) is 3.96. The molecule has 0 bridgehead atoms. The molecule has 0 fully saturated rings. The van der Waals surface area contributed by atoms with Gasteiger partial charge in [-0.05, 0) is 30.5 Å². The molecule has 0 spiro atoms. The number of rotatable bonds is 7. The first kappa shape index (κ1) is 23.9. The molecule has 1 aliphatic rings. The maximum absolute atomic E-state index is 13.5. The van der Waals surface area contributed by atoms with E-state index in [4.69, 9.17) is 4.74 Å². The summed E-state index contributed by atoms with van der Waals surface area (Å²) in [5.41, 5.74) is -1.90. The van der Waals surface area contributed by atoms with Gasteiger partial charge in [0, 0.05) is 12.8 Å². The summed E-state index contributed by atoms with van der Waals surface area (Å²) in [5.74, 6) is -2.11. The molecule has 1 aromatic carbocycles. The van der Waals surface area contributed by atoms with Gasteiger partial charge >= 0.3 is 0 Å². The molecule has 2 N–H and O–H groups in total. The Balaban J connectivity index is 1.98. The average molecular weight is 468 g/mol. The van der Waals surface area contributed by atoms with Crippen LogP contribution in [0.3, 0.4) is 0 Å². The van der Waals surface area contributed by atoms with Gasteiger partial charge in [0.25, 0.3) is 11.5 Å². The third-order valence-corrected chi connectivity index (χ3v) is 6.73. The first-order valence-electron chi connectivity index (χ1n) is 10.3. The molecular formula is C21H26FN3O6S. The van der Waals surface area contributed by atoms with Gasteiger partial charge in [-0.3, -0.25) is 14.2 Å². The molecule has 174 valence electrons. The number of amides is 1. The highest BCUT2D eigenvalue weighted by Crippen LogP contribution is 2.36. The highest BCUT2D eigenvalue weighted by atomic mass is 32.2. The molecule has 1 unspecified atom stereocenters. The van der Waals surface area contributed by atoms with Crippen LogP contribution < -0.4 is 10.9 Å². The number of carbonyl (C=O) groups excluding carboxylic acids is 1. The second-order valence-electron chi connectivity index (χ2n) is 7.74. The van der Waals surface area contributed by atoms with Crippen molar-refractivity contribution in [2.75, 3.05) is 12.9 Å². The smallest absolute Gasteiger partial charge is 0.296 e. The second kappa shape index (κ2) is 8.99. The number of hydrogen-bond donors (Lipinski definition) is 2. The van der Waals surface area contributed by atoms with Crippen LogP contribution in [0.2, 0.25) is 0 Å². The summed E-state index contributed by atoms with van der Waals surface area (Å²) in [4.78, 5) is 29.6. The maximum atomic E-state index is 13.5. The summed E-state index contributed by atoms with van der Waals surface area (Å²) in [6.45, 7) is 4.08. The largest absolute Gasteiger partial charge is 0.501 e. The standard InChI is InChI=1S/C21H26FN3O6S/c1-4-8-21(5-2)20-24-16(17(26)19(28)25(20)9-10-31-21)18(27)23-12-13-6-7-14(22)11-15(13)32(3,29)30/h6-7,11,26H,4-5,8-10,12H2,1-3H3,(H,23,27). The van der Waals surface area contributed by atoms with Gasteiger partial charge in [0.1, 0.15) is 17.2 Å². The number of carbonyl (C=O) groups is 1. The Morgan fingerprint density at radius 1 is 1.38 bits per heavy atom. The maximum Gasteiger partial charge on any atom is 0.296 e. The number of aromatic hydroxyl groups is 1. The molecule has 32 heavy (non-hydrogen) atoms. The van der Waals surface area contributed by atoms with Gasteiger partial charge in [0.05, 0.1) is 18.0 Å². The van der Waals surface area contributed by atoms with Gasteiger partial charge in [-0.2, -0.15) is 0 Å². The van der Waals surface area contributed by atoms with Crippen LogP contribution in [0.4, 0.5) is 4.39 Å². The molecule has 0 saturated carbocycles. The van der Waals surface area contributed by atoms with E-state index in [1.807, 2.05) is 13.8 Å². The van der Waals surface area contributed by atoms with Crippen LogP contribution in [0.1, 0.15) is 55.0 Å². The number of ether oxygens (including phenoxy) is 1. The minimum atomic E-state index is -3.75. The average Bonchev–Trinajstić information content (AvgIpc) is 2.74. The van der Waals surface area contributed by atoms with E-state index in [1.165, 1.54) is 10.6 Å². The van der Waals surface area contributed by atoms with Gasteiger partial charge in [-0.15, -0.1) is 0 Å². The Kier molecular flexibility index (Phi) is 6.70. The number of nitrogens with zero attached hydrogens (tertiary/aromatic N) is 2. The van der Waals surface area contributed by atoms with Crippen LogP contribution in [0.5, 0.6) is 5.75 Å². The number of benzene rings is 1. The van der Waals surface area contributed by atoms with Gasteiger partial charge < -0.3 is 15.2 Å². The topological polar surface area (TPSA) is 128 Å². The van der Waals surface area contributed by atoms with Crippen molar-refractivity contribution in [3.05, 3.63) is 51.5 Å². The Morgan fingerprint density at radius 3 is 2.72 bits per heavy atom. The predicted molar refractivity (Wildman–Crippen MR) is 114 cm³/mol. The van der Waals surface area contributed by atoms with Crippen molar-refractivity contribution >= 4 is 15.7 Å². The minimum Gasteiger partial charge on any atom is -0.501 e. The molecule has 1 atom stereocenters. The Labute approximate surface area is 185 Å². The van der Waals surface area contributed by atoms with Crippen molar-refractivity contribution in [3.8, 4) is 5.75 Å². The zero-order valence-electron chi connectivity index (χ0n) is 18.1. The number of halogens is 1. The molecule has 2 heterocycles. The van der Waals surface area contributed by atoms with Crippen LogP contribution in [0.25, 0.3) is 0 Å². The van der Waals surface area contributed by atoms with Crippen molar-refractivity contribution in [3.63, 3.8) is 0 Å². The van der Waals surface area contributed by atoms with Crippen LogP contribution in [-0.2, 0) is 33.3 Å². The molecule has 3 rings (SSSR count). The number of aromatic nitrogens is 2. The molecule has 2 aromatic rings. The summed E-state index contributed by atoms with van der Waals surface area (Å²) in [6.07, 6.45) is 2.79. The predicted octanol–water partition coefficient (Wildman–Crippen LogP) is 1.86. The molecule has 9 nitrogen and oxygen atoms in total. The van der Waals surface area contributed by atoms with E-state index in [0.717, 1.165) is 24.8 Å². The molecule has 1 aliphatic heterocycles. The third-order valence-electron chi connectivity index (χ3n) is 5.55. The third kappa shape index (κ3) is 4.40. The molecule has 11 heteroatoms. The highest BCUT2D eigenvalue weighted by Gasteiger charge is 2.40. The van der Waals surface area contributed by atoms with E-state index in [1.54, 1.807) is 0 Å². The minimum absolute atomic E-state index is 0.161. The highest BCUT2D eigenvalue weighted by molar-refractivity contribution is 7.90. The molecule has 0 radical (unpaired) electrons. The van der Waals surface area contributed by atoms with Gasteiger partial charge in [-0.1, -0.05) is 26.3 Å². The second-order valence-corrected chi connectivity index (χ2v) is 9.73. The fourth-order valence-corrected chi connectivity index (χ4v) is 4.90. The van der Waals surface area contributed by atoms with Crippen LogP contribution >= 0.6 is 0 Å². The normalized spacial score (nSPS) is 18.2. The molecule has 0 saturated heterocycles. The van der Waals surface area contributed by atoms with Gasteiger partial charge in [0.15, 0.2) is 15.5 Å². The zero-order chi connectivity index (χ0) is 23.7.